The zero-order chi connectivity index (χ0) is 23.5. The van der Waals surface area contributed by atoms with Crippen LogP contribution in [0.1, 0.15) is 62.9 Å². The number of nitrogens with zero attached hydrogens (tertiary/aromatic N) is 4. The van der Waals surface area contributed by atoms with E-state index in [1.807, 2.05) is 6.07 Å². The predicted molar refractivity (Wildman–Crippen MR) is 141 cm³/mol. The molecule has 5 atom stereocenters. The van der Waals surface area contributed by atoms with Crippen molar-refractivity contribution in [2.75, 3.05) is 5.32 Å². The highest BCUT2D eigenvalue weighted by Crippen LogP contribution is 2.65. The van der Waals surface area contributed by atoms with Gasteiger partial charge < -0.3 is 11.1 Å². The van der Waals surface area contributed by atoms with Crippen molar-refractivity contribution in [1.29, 1.82) is 0 Å². The fraction of sp³-hybridized carbons (Fsp3) is 0.560. The smallest absolute Gasteiger partial charge is 0.228 e. The molecule has 6 rings (SSSR count). The molecular weight excluding hydrogens is 462 g/mol. The average Bonchev–Trinajstić information content (AvgIpc) is 3.38. The second kappa shape index (κ2) is 8.09. The molecule has 9 heteroatoms. The van der Waals surface area contributed by atoms with Crippen LogP contribution in [0.15, 0.2) is 29.6 Å². The van der Waals surface area contributed by atoms with Crippen molar-refractivity contribution < 1.29 is 0 Å². The summed E-state index contributed by atoms with van der Waals surface area (Å²) in [4.78, 5) is 14.9. The van der Waals surface area contributed by atoms with Gasteiger partial charge in [-0.3, -0.25) is 5.43 Å². The Labute approximate surface area is 209 Å². The molecule has 2 saturated carbocycles. The number of thiocarbonyl (C=S) groups is 1. The number of hydrogen-bond acceptors (Lipinski definition) is 7. The number of aryl methyl sites for hydroxylation is 1. The molecule has 2 aromatic heterocycles. The summed E-state index contributed by atoms with van der Waals surface area (Å²) in [6, 6.07) is 1.82. The SMILES string of the molecule is C[C@]12CCc3nc(Nc4ncccn4)sc3C1=CC[C@@H]1[C@@H]2CC[C@]2(C)/C(=N/NC(N)=S)CC[C@@H]12. The first kappa shape index (κ1) is 22.1. The molecule has 0 spiro atoms. The van der Waals surface area contributed by atoms with Crippen molar-refractivity contribution in [1.82, 2.24) is 20.4 Å². The van der Waals surface area contributed by atoms with Gasteiger partial charge in [-0.2, -0.15) is 5.10 Å². The van der Waals surface area contributed by atoms with Crippen molar-refractivity contribution in [3.8, 4) is 0 Å². The maximum atomic E-state index is 5.65. The Bertz CT molecular complexity index is 1190. The predicted octanol–water partition coefficient (Wildman–Crippen LogP) is 5.05. The number of aromatic nitrogens is 3. The molecule has 2 heterocycles. The van der Waals surface area contributed by atoms with Gasteiger partial charge in [-0.1, -0.05) is 31.3 Å². The second-order valence-electron chi connectivity index (χ2n) is 10.7. The second-order valence-corrected chi connectivity index (χ2v) is 12.1. The summed E-state index contributed by atoms with van der Waals surface area (Å²) in [5, 5.41) is 9.09. The van der Waals surface area contributed by atoms with Crippen LogP contribution in [-0.2, 0) is 6.42 Å². The molecule has 178 valence electrons. The summed E-state index contributed by atoms with van der Waals surface area (Å²) < 4.78 is 0. The van der Waals surface area contributed by atoms with Crippen LogP contribution in [0.3, 0.4) is 0 Å². The van der Waals surface area contributed by atoms with Crippen LogP contribution in [0, 0.1) is 28.6 Å². The third-order valence-electron chi connectivity index (χ3n) is 9.11. The van der Waals surface area contributed by atoms with Crippen molar-refractivity contribution >= 4 is 51.0 Å². The van der Waals surface area contributed by atoms with Crippen LogP contribution >= 0.6 is 23.6 Å². The van der Waals surface area contributed by atoms with Crippen LogP contribution < -0.4 is 16.5 Å². The topological polar surface area (TPSA) is 101 Å². The van der Waals surface area contributed by atoms with E-state index < -0.39 is 0 Å². The molecule has 7 nitrogen and oxygen atoms in total. The Morgan fingerprint density at radius 3 is 2.74 bits per heavy atom. The highest BCUT2D eigenvalue weighted by molar-refractivity contribution is 7.80. The lowest BCUT2D eigenvalue weighted by atomic mass is 9.48. The fourth-order valence-corrected chi connectivity index (χ4v) is 8.71. The molecule has 4 aliphatic carbocycles. The summed E-state index contributed by atoms with van der Waals surface area (Å²) in [5.74, 6) is 2.68. The van der Waals surface area contributed by atoms with E-state index in [1.54, 1.807) is 23.7 Å². The van der Waals surface area contributed by atoms with E-state index in [9.17, 15) is 0 Å². The number of nitrogens with two attached hydrogens (primary N) is 1. The molecule has 0 bridgehead atoms. The molecule has 0 unspecified atom stereocenters. The average molecular weight is 494 g/mol. The first-order chi connectivity index (χ1) is 16.4. The van der Waals surface area contributed by atoms with E-state index >= 15 is 0 Å². The number of thiazole rings is 1. The molecular formula is C25H31N7S2. The van der Waals surface area contributed by atoms with Gasteiger partial charge in [0.05, 0.1) is 10.6 Å². The molecule has 2 fully saturated rings. The monoisotopic (exact) mass is 493 g/mol. The third-order valence-corrected chi connectivity index (χ3v) is 10.3. The molecule has 0 aromatic carbocycles. The fourth-order valence-electron chi connectivity index (χ4n) is 7.48. The lowest BCUT2D eigenvalue weighted by Gasteiger charge is -2.56. The summed E-state index contributed by atoms with van der Waals surface area (Å²) in [6.45, 7) is 4.95. The minimum atomic E-state index is 0.151. The number of rotatable bonds is 3. The van der Waals surface area contributed by atoms with Crippen molar-refractivity contribution in [2.45, 2.75) is 58.8 Å². The Kier molecular flexibility index (Phi) is 5.26. The Hall–Kier alpha value is -2.39. The lowest BCUT2D eigenvalue weighted by molar-refractivity contribution is 0.0116. The molecule has 34 heavy (non-hydrogen) atoms. The first-order valence-electron chi connectivity index (χ1n) is 12.3. The van der Waals surface area contributed by atoms with Crippen LogP contribution in [-0.4, -0.2) is 25.8 Å². The van der Waals surface area contributed by atoms with Gasteiger partial charge in [0.25, 0.3) is 0 Å². The lowest BCUT2D eigenvalue weighted by Crippen LogP contribution is -2.49. The molecule has 4 aliphatic rings. The number of anilines is 2. The van der Waals surface area contributed by atoms with E-state index in [1.165, 1.54) is 47.5 Å². The van der Waals surface area contributed by atoms with Gasteiger partial charge in [-0.05, 0) is 92.0 Å². The number of hydrazone groups is 1. The zero-order valence-corrected chi connectivity index (χ0v) is 21.3. The maximum Gasteiger partial charge on any atom is 0.228 e. The zero-order valence-electron chi connectivity index (χ0n) is 19.7. The van der Waals surface area contributed by atoms with Crippen LogP contribution in [0.25, 0.3) is 5.57 Å². The maximum absolute atomic E-state index is 5.65. The summed E-state index contributed by atoms with van der Waals surface area (Å²) >= 11 is 6.75. The van der Waals surface area contributed by atoms with Crippen molar-refractivity contribution in [3.05, 3.63) is 35.1 Å². The van der Waals surface area contributed by atoms with Gasteiger partial charge in [-0.25, -0.2) is 15.0 Å². The molecule has 2 aromatic rings. The highest BCUT2D eigenvalue weighted by atomic mass is 32.1. The number of allylic oxidation sites excluding steroid dienone is 2. The van der Waals surface area contributed by atoms with Gasteiger partial charge in [0, 0.05) is 23.5 Å². The van der Waals surface area contributed by atoms with E-state index in [0.717, 1.165) is 24.4 Å². The van der Waals surface area contributed by atoms with Gasteiger partial charge >= 0.3 is 0 Å². The first-order valence-corrected chi connectivity index (χ1v) is 13.5. The van der Waals surface area contributed by atoms with Gasteiger partial charge in [0.15, 0.2) is 10.2 Å². The standard InChI is InChI=1S/C25H31N7S2/c1-24-11-9-18-20(34-23(29-18)30-22-27-12-3-13-28-22)17(24)5-4-14-15-6-7-19(31-32-21(26)33)25(15,2)10-8-16(14)24/h3,5,12-16H,4,6-11H2,1-2H3,(H3,26,32,33)(H,27,28,29,30)/b31-19+/t14-,15-,16-,24+,25-/m0/s1. The number of fused-ring (bicyclic) bond motifs is 7. The molecule has 0 radical (unpaired) electrons. The number of nitrogens with one attached hydrogen (secondary N) is 2. The van der Waals surface area contributed by atoms with Gasteiger partial charge in [0.1, 0.15) is 0 Å². The van der Waals surface area contributed by atoms with Gasteiger partial charge in [-0.15, -0.1) is 0 Å². The summed E-state index contributed by atoms with van der Waals surface area (Å²) in [7, 11) is 0. The minimum Gasteiger partial charge on any atom is -0.375 e. The van der Waals surface area contributed by atoms with Crippen LogP contribution in [0.4, 0.5) is 11.1 Å². The van der Waals surface area contributed by atoms with E-state index in [4.69, 9.17) is 22.9 Å². The summed E-state index contributed by atoms with van der Waals surface area (Å²) in [5.41, 5.74) is 12.9. The summed E-state index contributed by atoms with van der Waals surface area (Å²) in [6.07, 6.45) is 14.1. The largest absolute Gasteiger partial charge is 0.375 e. The van der Waals surface area contributed by atoms with Crippen LogP contribution in [0.2, 0.25) is 0 Å². The third kappa shape index (κ3) is 3.39. The molecule has 4 N–H and O–H groups in total. The Morgan fingerprint density at radius 1 is 1.15 bits per heavy atom. The van der Waals surface area contributed by atoms with E-state index in [0.29, 0.717) is 23.7 Å². The minimum absolute atomic E-state index is 0.151. The Morgan fingerprint density at radius 2 is 1.94 bits per heavy atom. The molecule has 0 amide bonds. The highest BCUT2D eigenvalue weighted by Gasteiger charge is 2.58. The van der Waals surface area contributed by atoms with E-state index in [2.05, 4.69) is 45.7 Å². The number of hydrogen-bond donors (Lipinski definition) is 3. The van der Waals surface area contributed by atoms with Gasteiger partial charge in [0.2, 0.25) is 5.95 Å². The van der Waals surface area contributed by atoms with E-state index in [-0.39, 0.29) is 15.9 Å². The normalized spacial score (nSPS) is 34.9. The quantitative estimate of drug-likeness (QED) is 0.406. The Balaban J connectivity index is 1.29. The van der Waals surface area contributed by atoms with Crippen LogP contribution in [0.5, 0.6) is 0 Å². The van der Waals surface area contributed by atoms with Crippen molar-refractivity contribution in [3.63, 3.8) is 0 Å². The molecule has 0 saturated heterocycles. The van der Waals surface area contributed by atoms with Crippen molar-refractivity contribution in [2.24, 2.45) is 39.4 Å². The molecule has 0 aliphatic heterocycles.